The predicted octanol–water partition coefficient (Wildman–Crippen LogP) is 3.20. The van der Waals surface area contributed by atoms with Crippen LogP contribution in [0.25, 0.3) is 0 Å². The lowest BCUT2D eigenvalue weighted by Crippen LogP contribution is -2.40. The summed E-state index contributed by atoms with van der Waals surface area (Å²) in [5.41, 5.74) is 6.44. The van der Waals surface area contributed by atoms with Crippen LogP contribution in [0.1, 0.15) is 26.2 Å². The van der Waals surface area contributed by atoms with Gasteiger partial charge in [0.05, 0.1) is 4.92 Å². The molecule has 1 aliphatic rings. The number of halogens is 1. The molecule has 1 aromatic rings. The Balaban J connectivity index is 2.42. The molecule has 110 valence electrons. The average Bonchev–Trinajstić information content (AvgIpc) is 2.87. The summed E-state index contributed by atoms with van der Waals surface area (Å²) in [4.78, 5) is 13.0. The van der Waals surface area contributed by atoms with Crippen molar-refractivity contribution in [2.24, 2.45) is 11.7 Å². The molecule has 6 heteroatoms. The van der Waals surface area contributed by atoms with Crippen LogP contribution in [-0.2, 0) is 0 Å². The van der Waals surface area contributed by atoms with E-state index in [9.17, 15) is 10.1 Å². The summed E-state index contributed by atoms with van der Waals surface area (Å²) in [6.07, 6.45) is 3.24. The first-order valence-electron chi connectivity index (χ1n) is 6.99. The number of anilines is 1. The lowest BCUT2D eigenvalue weighted by atomic mass is 10.0. The summed E-state index contributed by atoms with van der Waals surface area (Å²) >= 11 is 6.01. The van der Waals surface area contributed by atoms with Crippen LogP contribution in [-0.4, -0.2) is 24.1 Å². The highest BCUT2D eigenvalue weighted by Crippen LogP contribution is 2.39. The van der Waals surface area contributed by atoms with E-state index in [1.165, 1.54) is 0 Å². The van der Waals surface area contributed by atoms with E-state index in [-0.39, 0.29) is 16.8 Å². The third kappa shape index (κ3) is 2.74. The highest BCUT2D eigenvalue weighted by atomic mass is 35.5. The third-order valence-corrected chi connectivity index (χ3v) is 4.43. The van der Waals surface area contributed by atoms with Gasteiger partial charge in [-0.15, -0.1) is 0 Å². The Kier molecular flexibility index (Phi) is 4.83. The first-order chi connectivity index (χ1) is 9.60. The van der Waals surface area contributed by atoms with Crippen LogP contribution < -0.4 is 10.6 Å². The predicted molar refractivity (Wildman–Crippen MR) is 81.3 cm³/mol. The van der Waals surface area contributed by atoms with Gasteiger partial charge in [-0.25, -0.2) is 0 Å². The number of rotatable bonds is 5. The maximum absolute atomic E-state index is 11.3. The average molecular weight is 298 g/mol. The number of nitrogens with zero attached hydrogens (tertiary/aromatic N) is 2. The van der Waals surface area contributed by atoms with Crippen molar-refractivity contribution in [3.63, 3.8) is 0 Å². The van der Waals surface area contributed by atoms with Gasteiger partial charge in [-0.1, -0.05) is 24.1 Å². The Morgan fingerprint density at radius 1 is 1.50 bits per heavy atom. The van der Waals surface area contributed by atoms with Crippen LogP contribution in [0.3, 0.4) is 0 Å². The molecule has 1 aliphatic carbocycles. The zero-order valence-corrected chi connectivity index (χ0v) is 12.3. The van der Waals surface area contributed by atoms with Gasteiger partial charge in [-0.2, -0.15) is 0 Å². The number of benzene rings is 1. The van der Waals surface area contributed by atoms with Crippen LogP contribution in [0.15, 0.2) is 18.2 Å². The SMILES string of the molecule is CCN(c1cccc(Cl)c1[N+](=O)[O-])C1CCCC1CN. The fourth-order valence-corrected chi connectivity index (χ4v) is 3.44. The molecule has 2 rings (SSSR count). The Morgan fingerprint density at radius 3 is 2.85 bits per heavy atom. The topological polar surface area (TPSA) is 72.4 Å². The lowest BCUT2D eigenvalue weighted by molar-refractivity contribution is -0.384. The number of nitro benzene ring substituents is 1. The largest absolute Gasteiger partial charge is 0.363 e. The summed E-state index contributed by atoms with van der Waals surface area (Å²) < 4.78 is 0. The Labute approximate surface area is 123 Å². The van der Waals surface area contributed by atoms with E-state index in [0.29, 0.717) is 24.7 Å². The summed E-state index contributed by atoms with van der Waals surface area (Å²) in [7, 11) is 0. The zero-order chi connectivity index (χ0) is 14.7. The molecule has 0 heterocycles. The fraction of sp³-hybridized carbons (Fsp3) is 0.571. The van der Waals surface area contributed by atoms with Crippen LogP contribution in [0.4, 0.5) is 11.4 Å². The summed E-state index contributed by atoms with van der Waals surface area (Å²) in [6.45, 7) is 3.34. The van der Waals surface area contributed by atoms with Crippen LogP contribution in [0.5, 0.6) is 0 Å². The van der Waals surface area contributed by atoms with Crippen molar-refractivity contribution in [3.8, 4) is 0 Å². The van der Waals surface area contributed by atoms with Gasteiger partial charge >= 0.3 is 5.69 Å². The normalized spacial score (nSPS) is 21.9. The van der Waals surface area contributed by atoms with Crippen molar-refractivity contribution in [2.45, 2.75) is 32.2 Å². The van der Waals surface area contributed by atoms with Gasteiger partial charge in [-0.3, -0.25) is 10.1 Å². The summed E-state index contributed by atoms with van der Waals surface area (Å²) in [5.74, 6) is 0.397. The van der Waals surface area contributed by atoms with Crippen LogP contribution >= 0.6 is 11.6 Å². The minimum Gasteiger partial charge on any atom is -0.363 e. The van der Waals surface area contributed by atoms with E-state index in [1.807, 2.05) is 6.92 Å². The number of hydrogen-bond acceptors (Lipinski definition) is 4. The maximum Gasteiger partial charge on any atom is 0.310 e. The first-order valence-corrected chi connectivity index (χ1v) is 7.37. The minimum absolute atomic E-state index is 0.00121. The molecule has 0 bridgehead atoms. The van der Waals surface area contributed by atoms with Crippen LogP contribution in [0.2, 0.25) is 5.02 Å². The molecular weight excluding hydrogens is 278 g/mol. The number of para-hydroxylation sites is 1. The number of nitrogens with two attached hydrogens (primary N) is 1. The second kappa shape index (κ2) is 6.41. The molecule has 1 saturated carbocycles. The summed E-state index contributed by atoms with van der Waals surface area (Å²) in [5, 5.41) is 11.5. The summed E-state index contributed by atoms with van der Waals surface area (Å²) in [6, 6.07) is 5.37. The van der Waals surface area contributed by atoms with Crippen molar-refractivity contribution >= 4 is 23.0 Å². The molecule has 1 fully saturated rings. The number of hydrogen-bond donors (Lipinski definition) is 1. The lowest BCUT2D eigenvalue weighted by Gasteiger charge is -2.33. The molecule has 0 radical (unpaired) electrons. The third-order valence-electron chi connectivity index (χ3n) is 4.12. The van der Waals surface area contributed by atoms with Gasteiger partial charge in [0.25, 0.3) is 0 Å². The molecule has 20 heavy (non-hydrogen) atoms. The molecule has 5 nitrogen and oxygen atoms in total. The molecule has 1 aromatic carbocycles. The monoisotopic (exact) mass is 297 g/mol. The second-order valence-corrected chi connectivity index (χ2v) is 5.55. The van der Waals surface area contributed by atoms with Crippen molar-refractivity contribution in [3.05, 3.63) is 33.3 Å². The van der Waals surface area contributed by atoms with Gasteiger partial charge in [0, 0.05) is 12.6 Å². The van der Waals surface area contributed by atoms with Crippen molar-refractivity contribution < 1.29 is 4.92 Å². The number of nitro groups is 1. The van der Waals surface area contributed by atoms with E-state index in [0.717, 1.165) is 19.3 Å². The van der Waals surface area contributed by atoms with E-state index in [2.05, 4.69) is 4.90 Å². The van der Waals surface area contributed by atoms with E-state index in [4.69, 9.17) is 17.3 Å². The highest BCUT2D eigenvalue weighted by Gasteiger charge is 2.34. The molecule has 0 amide bonds. The molecule has 2 unspecified atom stereocenters. The molecule has 0 aromatic heterocycles. The van der Waals surface area contributed by atoms with E-state index in [1.54, 1.807) is 18.2 Å². The Bertz CT molecular complexity index is 495. The van der Waals surface area contributed by atoms with Crippen molar-refractivity contribution in [2.75, 3.05) is 18.0 Å². The fourth-order valence-electron chi connectivity index (χ4n) is 3.20. The van der Waals surface area contributed by atoms with Gasteiger partial charge in [0.15, 0.2) is 0 Å². The van der Waals surface area contributed by atoms with Gasteiger partial charge in [0.1, 0.15) is 10.7 Å². The van der Waals surface area contributed by atoms with E-state index >= 15 is 0 Å². The Hall–Kier alpha value is -1.33. The first kappa shape index (κ1) is 15.1. The zero-order valence-electron chi connectivity index (χ0n) is 11.6. The standard InChI is InChI=1S/C14H20ClN3O2/c1-2-17(12-7-3-5-10(12)9-16)13-8-4-6-11(15)14(13)18(19)20/h4,6,8,10,12H,2-3,5,7,9,16H2,1H3. The molecule has 0 aliphatic heterocycles. The van der Waals surface area contributed by atoms with Gasteiger partial charge < -0.3 is 10.6 Å². The Morgan fingerprint density at radius 2 is 2.25 bits per heavy atom. The molecular formula is C14H20ClN3O2. The second-order valence-electron chi connectivity index (χ2n) is 5.14. The van der Waals surface area contributed by atoms with Gasteiger partial charge in [0.2, 0.25) is 0 Å². The molecule has 0 saturated heterocycles. The van der Waals surface area contributed by atoms with Gasteiger partial charge in [-0.05, 0) is 44.4 Å². The van der Waals surface area contributed by atoms with Crippen molar-refractivity contribution in [1.82, 2.24) is 0 Å². The van der Waals surface area contributed by atoms with Crippen LogP contribution in [0, 0.1) is 16.0 Å². The molecule has 2 N–H and O–H groups in total. The smallest absolute Gasteiger partial charge is 0.310 e. The van der Waals surface area contributed by atoms with E-state index < -0.39 is 4.92 Å². The maximum atomic E-state index is 11.3. The molecule has 2 atom stereocenters. The minimum atomic E-state index is -0.396. The molecule has 0 spiro atoms. The highest BCUT2D eigenvalue weighted by molar-refractivity contribution is 6.33. The quantitative estimate of drug-likeness (QED) is 0.669. The van der Waals surface area contributed by atoms with Crippen molar-refractivity contribution in [1.29, 1.82) is 0 Å².